The first-order valence-corrected chi connectivity index (χ1v) is 10.8. The highest BCUT2D eigenvalue weighted by atomic mass is 32.2. The fraction of sp³-hybridized carbons (Fsp3) is 0.421. The van der Waals surface area contributed by atoms with Gasteiger partial charge in [-0.15, -0.1) is 0 Å². The molecule has 2 amide bonds. The first-order chi connectivity index (χ1) is 13.8. The van der Waals surface area contributed by atoms with E-state index in [-0.39, 0.29) is 22.8 Å². The number of hydrogen-bond donors (Lipinski definition) is 2. The number of aromatic nitrogens is 1. The number of rotatable bonds is 6. The van der Waals surface area contributed by atoms with Crippen LogP contribution in [0.25, 0.3) is 0 Å². The maximum Gasteiger partial charge on any atom is 0.269 e. The highest BCUT2D eigenvalue weighted by Crippen LogP contribution is 2.21. The molecule has 0 unspecified atom stereocenters. The Kier molecular flexibility index (Phi) is 6.33. The molecule has 2 aromatic rings. The lowest BCUT2D eigenvalue weighted by molar-refractivity contribution is -0.121. The van der Waals surface area contributed by atoms with Crippen LogP contribution in [0.3, 0.4) is 0 Å². The topological polar surface area (TPSA) is 122 Å². The van der Waals surface area contributed by atoms with E-state index in [1.54, 1.807) is 13.8 Å². The van der Waals surface area contributed by atoms with E-state index in [0.29, 0.717) is 25.3 Å². The molecule has 0 bridgehead atoms. The summed E-state index contributed by atoms with van der Waals surface area (Å²) >= 11 is 0. The second-order valence-electron chi connectivity index (χ2n) is 6.94. The Morgan fingerprint density at radius 2 is 1.90 bits per heavy atom. The fourth-order valence-electron chi connectivity index (χ4n) is 3.23. The van der Waals surface area contributed by atoms with E-state index in [9.17, 15) is 18.0 Å². The van der Waals surface area contributed by atoms with E-state index in [4.69, 9.17) is 4.52 Å². The van der Waals surface area contributed by atoms with Crippen molar-refractivity contribution in [3.63, 3.8) is 0 Å². The smallest absolute Gasteiger partial charge is 0.269 e. The predicted molar refractivity (Wildman–Crippen MR) is 104 cm³/mol. The molecule has 10 heteroatoms. The lowest BCUT2D eigenvalue weighted by Crippen LogP contribution is -2.41. The molecular weight excluding hydrogens is 396 g/mol. The van der Waals surface area contributed by atoms with Gasteiger partial charge in [0.15, 0.2) is 0 Å². The van der Waals surface area contributed by atoms with Crippen molar-refractivity contribution in [2.24, 2.45) is 0 Å². The van der Waals surface area contributed by atoms with E-state index >= 15 is 0 Å². The Morgan fingerprint density at radius 3 is 2.55 bits per heavy atom. The van der Waals surface area contributed by atoms with E-state index < -0.39 is 15.9 Å². The SMILES string of the molecule is Cc1noc(C)c1CCC(=O)NNC(=O)c1cccc(S(=O)(=O)N2CCCC2)c1. The van der Waals surface area contributed by atoms with Gasteiger partial charge in [-0.25, -0.2) is 8.42 Å². The van der Waals surface area contributed by atoms with Gasteiger partial charge >= 0.3 is 0 Å². The number of nitrogens with one attached hydrogen (secondary N) is 2. The molecule has 1 fully saturated rings. The molecule has 0 saturated carbocycles. The summed E-state index contributed by atoms with van der Waals surface area (Å²) in [5.41, 5.74) is 6.41. The number of hydrazine groups is 1. The van der Waals surface area contributed by atoms with E-state index in [1.807, 2.05) is 0 Å². The van der Waals surface area contributed by atoms with Gasteiger partial charge in [0.05, 0.1) is 10.6 Å². The molecule has 3 rings (SSSR count). The average Bonchev–Trinajstić information content (AvgIpc) is 3.36. The maximum atomic E-state index is 12.6. The molecule has 29 heavy (non-hydrogen) atoms. The van der Waals surface area contributed by atoms with Gasteiger partial charge in [0.25, 0.3) is 5.91 Å². The number of benzene rings is 1. The predicted octanol–water partition coefficient (Wildman–Crippen LogP) is 1.47. The summed E-state index contributed by atoms with van der Waals surface area (Å²) in [7, 11) is -3.62. The minimum Gasteiger partial charge on any atom is -0.361 e. The molecule has 1 aliphatic rings. The van der Waals surface area contributed by atoms with Crippen LogP contribution in [0.15, 0.2) is 33.7 Å². The third-order valence-electron chi connectivity index (χ3n) is 4.90. The molecule has 0 atom stereocenters. The zero-order valence-corrected chi connectivity index (χ0v) is 17.2. The van der Waals surface area contributed by atoms with Crippen LogP contribution in [0.2, 0.25) is 0 Å². The summed E-state index contributed by atoms with van der Waals surface area (Å²) in [6, 6.07) is 5.79. The Balaban J connectivity index is 1.57. The summed E-state index contributed by atoms with van der Waals surface area (Å²) < 4.78 is 31.8. The second kappa shape index (κ2) is 8.75. The minimum atomic E-state index is -3.62. The number of nitrogens with zero attached hydrogens (tertiary/aromatic N) is 2. The summed E-state index contributed by atoms with van der Waals surface area (Å²) in [6.07, 6.45) is 2.25. The Morgan fingerprint density at radius 1 is 1.17 bits per heavy atom. The molecule has 1 aromatic heterocycles. The molecule has 2 heterocycles. The molecule has 156 valence electrons. The number of carbonyl (C=O) groups is 2. The van der Waals surface area contributed by atoms with Crippen LogP contribution in [0, 0.1) is 13.8 Å². The zero-order chi connectivity index (χ0) is 21.0. The summed E-state index contributed by atoms with van der Waals surface area (Å²) in [5, 5.41) is 3.84. The number of carbonyl (C=O) groups excluding carboxylic acids is 2. The highest BCUT2D eigenvalue weighted by Gasteiger charge is 2.27. The normalized spacial score (nSPS) is 14.7. The lowest BCUT2D eigenvalue weighted by Gasteiger charge is -2.16. The molecule has 0 radical (unpaired) electrons. The van der Waals surface area contributed by atoms with Crippen molar-refractivity contribution in [3.8, 4) is 0 Å². The molecule has 9 nitrogen and oxygen atoms in total. The fourth-order valence-corrected chi connectivity index (χ4v) is 4.80. The van der Waals surface area contributed by atoms with Gasteiger partial charge in [0.1, 0.15) is 5.76 Å². The third-order valence-corrected chi connectivity index (χ3v) is 6.79. The van der Waals surface area contributed by atoms with Crippen LogP contribution in [0.5, 0.6) is 0 Å². The molecule has 2 N–H and O–H groups in total. The number of hydrogen-bond acceptors (Lipinski definition) is 6. The second-order valence-corrected chi connectivity index (χ2v) is 8.88. The van der Waals surface area contributed by atoms with Crippen LogP contribution in [0.1, 0.15) is 46.6 Å². The van der Waals surface area contributed by atoms with Crippen molar-refractivity contribution < 1.29 is 22.5 Å². The van der Waals surface area contributed by atoms with Crippen molar-refractivity contribution in [1.82, 2.24) is 20.3 Å². The zero-order valence-electron chi connectivity index (χ0n) is 16.4. The van der Waals surface area contributed by atoms with Gasteiger partial charge in [-0.3, -0.25) is 20.4 Å². The van der Waals surface area contributed by atoms with Crippen LogP contribution >= 0.6 is 0 Å². The maximum absolute atomic E-state index is 12.6. The van der Waals surface area contributed by atoms with Crippen LogP contribution in [-0.4, -0.2) is 42.8 Å². The van der Waals surface area contributed by atoms with Crippen LogP contribution in [0.4, 0.5) is 0 Å². The van der Waals surface area contributed by atoms with Crippen molar-refractivity contribution in [1.29, 1.82) is 0 Å². The minimum absolute atomic E-state index is 0.0665. The van der Waals surface area contributed by atoms with Gasteiger partial charge < -0.3 is 4.52 Å². The monoisotopic (exact) mass is 420 g/mol. The van der Waals surface area contributed by atoms with Crippen molar-refractivity contribution in [2.45, 2.75) is 44.4 Å². The number of sulfonamides is 1. The molecular formula is C19H24N4O5S. The lowest BCUT2D eigenvalue weighted by atomic mass is 10.1. The van der Waals surface area contributed by atoms with E-state index in [0.717, 1.165) is 24.1 Å². The van der Waals surface area contributed by atoms with E-state index in [1.165, 1.54) is 28.6 Å². The quantitative estimate of drug-likeness (QED) is 0.683. The van der Waals surface area contributed by atoms with Crippen molar-refractivity contribution in [3.05, 3.63) is 46.8 Å². The summed E-state index contributed by atoms with van der Waals surface area (Å²) in [6.45, 7) is 4.55. The molecule has 1 aliphatic heterocycles. The Bertz CT molecular complexity index is 990. The van der Waals surface area contributed by atoms with Crippen LogP contribution in [-0.2, 0) is 21.2 Å². The van der Waals surface area contributed by atoms with Gasteiger partial charge in [-0.2, -0.15) is 4.31 Å². The first-order valence-electron chi connectivity index (χ1n) is 9.40. The first kappa shape index (κ1) is 21.0. The van der Waals surface area contributed by atoms with Gasteiger partial charge in [0, 0.05) is 30.6 Å². The van der Waals surface area contributed by atoms with Crippen LogP contribution < -0.4 is 10.9 Å². The van der Waals surface area contributed by atoms with Gasteiger partial charge in [-0.1, -0.05) is 11.2 Å². The summed E-state index contributed by atoms with van der Waals surface area (Å²) in [4.78, 5) is 24.4. The molecule has 0 spiro atoms. The average molecular weight is 420 g/mol. The standard InChI is InChI=1S/C19H24N4O5S/c1-13-17(14(2)28-22-13)8-9-18(24)20-21-19(25)15-6-5-7-16(12-15)29(26,27)23-10-3-4-11-23/h5-7,12H,3-4,8-11H2,1-2H3,(H,20,24)(H,21,25). The third kappa shape index (κ3) is 4.83. The van der Waals surface area contributed by atoms with Gasteiger partial charge in [0.2, 0.25) is 15.9 Å². The van der Waals surface area contributed by atoms with E-state index in [2.05, 4.69) is 16.0 Å². The number of aryl methyl sites for hydroxylation is 2. The molecule has 1 saturated heterocycles. The molecule has 0 aliphatic carbocycles. The highest BCUT2D eigenvalue weighted by molar-refractivity contribution is 7.89. The Hall–Kier alpha value is -2.72. The number of amides is 2. The van der Waals surface area contributed by atoms with Gasteiger partial charge in [-0.05, 0) is 51.3 Å². The summed E-state index contributed by atoms with van der Waals surface area (Å²) in [5.74, 6) is -0.302. The van der Waals surface area contributed by atoms with Crippen molar-refractivity contribution >= 4 is 21.8 Å². The largest absolute Gasteiger partial charge is 0.361 e. The molecule has 1 aromatic carbocycles. The van der Waals surface area contributed by atoms with Crippen molar-refractivity contribution in [2.75, 3.05) is 13.1 Å². The Labute approximate surface area is 169 Å².